The molecule has 0 aromatic heterocycles. The smallest absolute Gasteiger partial charge is 0.215 e. The van der Waals surface area contributed by atoms with Crippen LogP contribution in [0.4, 0.5) is 11.4 Å². The Kier molecular flexibility index (Phi) is 8.99. The maximum Gasteiger partial charge on any atom is 0.215 e. The summed E-state index contributed by atoms with van der Waals surface area (Å²) in [7, 11) is -9.83. The van der Waals surface area contributed by atoms with Gasteiger partial charge >= 0.3 is 0 Å². The molecule has 2 aromatic carbocycles. The van der Waals surface area contributed by atoms with E-state index in [0.717, 1.165) is 11.4 Å². The quantitative estimate of drug-likeness (QED) is 0.363. The topological polar surface area (TPSA) is 210 Å². The predicted molar refractivity (Wildman–Crippen MR) is 91.1 cm³/mol. The van der Waals surface area contributed by atoms with E-state index < -0.39 is 20.8 Å². The summed E-state index contributed by atoms with van der Waals surface area (Å²) in [6.45, 7) is 4.25. The normalized spacial score (nSPS) is 10.9. The Balaban J connectivity index is 0.000000520. The summed E-state index contributed by atoms with van der Waals surface area (Å²) in [5.74, 6) is 0. The number of hydrogen-bond acceptors (Lipinski definition) is 6. The maximum atomic E-state index is 8.63. The lowest BCUT2D eigenvalue weighted by Crippen LogP contribution is -2.40. The van der Waals surface area contributed by atoms with Crippen molar-refractivity contribution in [3.63, 3.8) is 0 Å². The van der Waals surface area contributed by atoms with Gasteiger partial charge in [0, 0.05) is 12.1 Å². The van der Waals surface area contributed by atoms with Gasteiger partial charge in [-0.1, -0.05) is 0 Å². The Morgan fingerprint density at radius 2 is 0.962 bits per heavy atom. The van der Waals surface area contributed by atoms with Gasteiger partial charge < -0.3 is 20.6 Å². The number of aryl methyl sites for hydroxylation is 2. The van der Waals surface area contributed by atoms with E-state index in [-0.39, 0.29) is 0 Å². The van der Waals surface area contributed by atoms with Gasteiger partial charge in [0.25, 0.3) is 0 Å². The van der Waals surface area contributed by atoms with Gasteiger partial charge in [-0.05, 0) is 60.4 Å². The first-order valence-corrected chi connectivity index (χ1v) is 9.53. The molecule has 2 rings (SSSR count). The Morgan fingerprint density at radius 1 is 0.731 bits per heavy atom. The average Bonchev–Trinajstić information content (AvgIpc) is 2.36. The van der Waals surface area contributed by atoms with Gasteiger partial charge in [-0.3, -0.25) is 9.11 Å². The fourth-order valence-corrected chi connectivity index (χ4v) is 2.06. The van der Waals surface area contributed by atoms with Crippen LogP contribution in [0.2, 0.25) is 0 Å². The second kappa shape index (κ2) is 9.70. The highest BCUT2D eigenvalue weighted by Crippen LogP contribution is 2.28. The Labute approximate surface area is 151 Å². The van der Waals surface area contributed by atoms with Crippen molar-refractivity contribution >= 4 is 32.2 Å². The number of rotatable bonds is 1. The van der Waals surface area contributed by atoms with Crippen molar-refractivity contribution in [2.24, 2.45) is 0 Å². The van der Waals surface area contributed by atoms with Crippen LogP contribution in [0.5, 0.6) is 0 Å². The molecule has 0 bridgehead atoms. The molecule has 0 heterocycles. The minimum atomic E-state index is -4.92. The van der Waals surface area contributed by atoms with Crippen LogP contribution in [0, 0.1) is 13.8 Å². The molecule has 0 unspecified atom stereocenters. The second-order valence-electron chi connectivity index (χ2n) is 5.15. The van der Waals surface area contributed by atoms with Crippen LogP contribution >= 0.6 is 0 Å². The highest BCUT2D eigenvalue weighted by molar-refractivity contribution is 7.80. The monoisotopic (exact) mass is 408 g/mol. The molecule has 0 atom stereocenters. The van der Waals surface area contributed by atoms with Crippen LogP contribution in [0.25, 0.3) is 11.1 Å². The lowest BCUT2D eigenvalue weighted by Gasteiger charge is -2.09. The van der Waals surface area contributed by atoms with Gasteiger partial charge in [-0.2, -0.15) is 0 Å². The van der Waals surface area contributed by atoms with Crippen molar-refractivity contribution in [1.29, 1.82) is 0 Å². The van der Waals surface area contributed by atoms with Crippen LogP contribution in [-0.2, 0) is 20.8 Å². The highest BCUT2D eigenvalue weighted by atomic mass is 32.3. The fraction of sp³-hybridized carbons (Fsp3) is 0.143. The molecule has 0 spiro atoms. The summed E-state index contributed by atoms with van der Waals surface area (Å²) >= 11 is 0. The van der Waals surface area contributed by atoms with E-state index in [1.54, 1.807) is 0 Å². The molecular weight excluding hydrogens is 388 g/mol. The molecule has 146 valence electrons. The first-order valence-electron chi connectivity index (χ1n) is 6.80. The lowest BCUT2D eigenvalue weighted by molar-refractivity contribution is -0.255. The van der Waals surface area contributed by atoms with Crippen molar-refractivity contribution in [2.75, 3.05) is 0 Å². The van der Waals surface area contributed by atoms with E-state index in [0.29, 0.717) is 0 Å². The van der Waals surface area contributed by atoms with Gasteiger partial charge in [-0.25, -0.2) is 16.8 Å². The van der Waals surface area contributed by atoms with Gasteiger partial charge in [0.2, 0.25) is 20.8 Å². The van der Waals surface area contributed by atoms with Crippen LogP contribution in [0.3, 0.4) is 0 Å². The zero-order valence-corrected chi connectivity index (χ0v) is 15.7. The van der Waals surface area contributed by atoms with Gasteiger partial charge in [0.05, 0.1) is 0 Å². The van der Waals surface area contributed by atoms with E-state index in [2.05, 4.69) is 61.7 Å². The second-order valence-corrected chi connectivity index (χ2v) is 6.86. The van der Waals surface area contributed by atoms with E-state index in [1.807, 2.05) is 0 Å². The molecule has 0 aliphatic heterocycles. The molecule has 26 heavy (non-hydrogen) atoms. The van der Waals surface area contributed by atoms with E-state index >= 15 is 0 Å². The van der Waals surface area contributed by atoms with E-state index in [1.165, 1.54) is 22.3 Å². The van der Waals surface area contributed by atoms with Gasteiger partial charge in [0.1, 0.15) is 11.4 Å². The molecule has 0 saturated carbocycles. The molecule has 10 nitrogen and oxygen atoms in total. The summed E-state index contributed by atoms with van der Waals surface area (Å²) in [5, 5.41) is 0. The molecule has 0 radical (unpaired) electrons. The average molecular weight is 408 g/mol. The molecule has 0 aliphatic rings. The summed E-state index contributed by atoms with van der Waals surface area (Å²) in [6.07, 6.45) is 0. The Morgan fingerprint density at radius 3 is 1.15 bits per heavy atom. The zero-order chi connectivity index (χ0) is 20.7. The van der Waals surface area contributed by atoms with Crippen LogP contribution in [0.1, 0.15) is 11.1 Å². The van der Waals surface area contributed by atoms with E-state index in [4.69, 9.17) is 35.0 Å². The van der Waals surface area contributed by atoms with Crippen LogP contribution in [-0.4, -0.2) is 35.0 Å². The van der Waals surface area contributed by atoms with Gasteiger partial charge in [0.15, 0.2) is 0 Å². The third kappa shape index (κ3) is 12.5. The highest BCUT2D eigenvalue weighted by Gasteiger charge is 2.06. The summed E-state index contributed by atoms with van der Waals surface area (Å²) in [6, 6.07) is 12.6. The molecule has 8 N–H and O–H groups in total. The third-order valence-corrected chi connectivity index (χ3v) is 2.87. The fourth-order valence-electron chi connectivity index (χ4n) is 2.06. The Bertz CT molecular complexity index is 861. The van der Waals surface area contributed by atoms with Crippen molar-refractivity contribution in [3.05, 3.63) is 47.5 Å². The van der Waals surface area contributed by atoms with Crippen molar-refractivity contribution in [1.82, 2.24) is 0 Å². The molecule has 2 aromatic rings. The Hall–Kier alpha value is -1.90. The summed E-state index contributed by atoms with van der Waals surface area (Å²) in [5.41, 5.74) is 15.1. The minimum Gasteiger partial charge on any atom is -0.726 e. The predicted octanol–water partition coefficient (Wildman–Crippen LogP) is -0.274. The first kappa shape index (κ1) is 24.1. The molecule has 0 fully saturated rings. The lowest BCUT2D eigenvalue weighted by atomic mass is 9.96. The molecule has 0 saturated heterocycles. The van der Waals surface area contributed by atoms with Crippen molar-refractivity contribution in [3.8, 4) is 11.1 Å². The molecule has 0 amide bonds. The molecule has 0 aliphatic carbocycles. The summed E-state index contributed by atoms with van der Waals surface area (Å²) < 4.78 is 65.7. The van der Waals surface area contributed by atoms with Gasteiger partial charge in [-0.15, -0.1) is 0 Å². The number of benzene rings is 2. The largest absolute Gasteiger partial charge is 0.726 e. The third-order valence-electron chi connectivity index (χ3n) is 2.87. The minimum absolute atomic E-state index is 1.06. The number of quaternary nitrogens is 2. The standard InChI is InChI=1S/C14H16N2.2H2O4S/c1-9-7-11(15)3-5-13(9)14-6-4-12(16)8-10(14)2;2*1-5(2,3)4/h3-8H,15-16H2,1-2H3;2*(H2,1,2,3,4). The molecule has 12 heteroatoms. The SMILES string of the molecule is Cc1cc([NH3+])ccc1-c1ccc([NH3+])cc1C.O=S(=O)([O-])O.O=S(=O)([O-])O. The van der Waals surface area contributed by atoms with Crippen LogP contribution in [0.15, 0.2) is 36.4 Å². The molecular formula is C14H20N2O8S2. The van der Waals surface area contributed by atoms with E-state index in [9.17, 15) is 0 Å². The summed E-state index contributed by atoms with van der Waals surface area (Å²) in [4.78, 5) is 0. The van der Waals surface area contributed by atoms with Crippen LogP contribution < -0.4 is 11.5 Å². The number of hydrogen-bond donors (Lipinski definition) is 4. The van der Waals surface area contributed by atoms with Crippen molar-refractivity contribution in [2.45, 2.75) is 13.8 Å². The maximum absolute atomic E-state index is 8.63. The first-order chi connectivity index (χ1) is 11.6. The van der Waals surface area contributed by atoms with Crippen molar-refractivity contribution < 1.29 is 46.5 Å². The zero-order valence-electron chi connectivity index (χ0n) is 14.0.